The quantitative estimate of drug-likeness (QED) is 0.466. The van der Waals surface area contributed by atoms with Crippen LogP contribution in [0.4, 0.5) is 0 Å². The molecule has 34 heavy (non-hydrogen) atoms. The molecule has 3 fully saturated rings. The number of Topliss-reactive ketones (excluding diaryl/α,β-unsaturated/α-hetero) is 1. The molecule has 0 spiro atoms. The largest absolute Gasteiger partial charge is 0.381 e. The molecule has 0 heterocycles. The van der Waals surface area contributed by atoms with E-state index in [9.17, 15) is 14.7 Å². The zero-order valence-electron chi connectivity index (χ0n) is 21.9. The second-order valence-electron chi connectivity index (χ2n) is 12.4. The smallest absolute Gasteiger partial charge is 0.175 e. The van der Waals surface area contributed by atoms with Crippen LogP contribution in [0.15, 0.2) is 11.6 Å². The molecule has 6 heteroatoms. The number of allylic oxidation sites excluding steroid dienone is 1. The standard InChI is InChI=1S/C28H43NO3S2/c1-17(2)29(18(3)4)25(33)34-16-24(31)28(32)14-11-23-21-8-7-19-15-20(30)9-12-26(19,5)22(21)10-13-27(23,28)6/h15,17-18,21-23,32H,7-14,16H2,1-6H3/t21?,22?,23?,26-,27-,28-/m0/s1. The minimum Gasteiger partial charge on any atom is -0.381 e. The normalized spacial score (nSPS) is 39.4. The van der Waals surface area contributed by atoms with Crippen LogP contribution >= 0.6 is 24.0 Å². The number of hydrogen-bond donors (Lipinski definition) is 1. The summed E-state index contributed by atoms with van der Waals surface area (Å²) in [6.07, 6.45) is 9.06. The van der Waals surface area contributed by atoms with E-state index < -0.39 is 5.60 Å². The van der Waals surface area contributed by atoms with E-state index in [1.807, 2.05) is 6.08 Å². The lowest BCUT2D eigenvalue weighted by molar-refractivity contribution is -0.159. The molecule has 6 atom stereocenters. The predicted molar refractivity (Wildman–Crippen MR) is 144 cm³/mol. The van der Waals surface area contributed by atoms with E-state index >= 15 is 0 Å². The molecule has 4 aliphatic carbocycles. The first-order chi connectivity index (χ1) is 15.8. The topological polar surface area (TPSA) is 57.6 Å². The number of thiocarbonyl (C=S) groups is 1. The summed E-state index contributed by atoms with van der Waals surface area (Å²) in [6.45, 7) is 13.1. The average Bonchev–Trinajstić information content (AvgIpc) is 3.04. The van der Waals surface area contributed by atoms with Gasteiger partial charge in [0.25, 0.3) is 0 Å². The van der Waals surface area contributed by atoms with E-state index in [1.54, 1.807) is 0 Å². The van der Waals surface area contributed by atoms with Crippen LogP contribution in [0.5, 0.6) is 0 Å². The number of thioether (sulfide) groups is 1. The fourth-order valence-electron chi connectivity index (χ4n) is 8.37. The fourth-order valence-corrected chi connectivity index (χ4v) is 10.0. The first kappa shape index (κ1) is 26.3. The zero-order valence-corrected chi connectivity index (χ0v) is 23.5. The molecular weight excluding hydrogens is 462 g/mol. The lowest BCUT2D eigenvalue weighted by Gasteiger charge is -2.58. The molecule has 0 aromatic heterocycles. The Morgan fingerprint density at radius 3 is 2.38 bits per heavy atom. The summed E-state index contributed by atoms with van der Waals surface area (Å²) in [4.78, 5) is 27.8. The highest BCUT2D eigenvalue weighted by molar-refractivity contribution is 8.23. The van der Waals surface area contributed by atoms with Gasteiger partial charge in [0.2, 0.25) is 0 Å². The van der Waals surface area contributed by atoms with Crippen molar-refractivity contribution in [3.8, 4) is 0 Å². The molecule has 0 aromatic carbocycles. The van der Waals surface area contributed by atoms with Gasteiger partial charge in [-0.2, -0.15) is 0 Å². The third-order valence-electron chi connectivity index (χ3n) is 10.2. The average molecular weight is 506 g/mol. The fraction of sp³-hybridized carbons (Fsp3) is 0.821. The number of carbonyl (C=O) groups is 2. The van der Waals surface area contributed by atoms with E-state index in [2.05, 4.69) is 46.4 Å². The SMILES string of the molecule is CC(C)N(C(=S)SCC(=O)[C@@]1(O)CCC2C3CCC4=CC(=O)CC[C@]4(C)C3CC[C@@]21C)C(C)C. The number of rotatable bonds is 5. The van der Waals surface area contributed by atoms with Crippen molar-refractivity contribution >= 4 is 39.9 Å². The molecule has 0 aromatic rings. The number of carbonyl (C=O) groups excluding carboxylic acids is 2. The maximum absolute atomic E-state index is 13.6. The Morgan fingerprint density at radius 1 is 1.09 bits per heavy atom. The Bertz CT molecular complexity index is 890. The highest BCUT2D eigenvalue weighted by Gasteiger charge is 2.66. The molecule has 0 aliphatic heterocycles. The van der Waals surface area contributed by atoms with E-state index in [-0.39, 0.29) is 40.2 Å². The number of ketones is 2. The molecule has 190 valence electrons. The van der Waals surface area contributed by atoms with Crippen molar-refractivity contribution < 1.29 is 14.7 Å². The van der Waals surface area contributed by atoms with Gasteiger partial charge in [0.05, 0.1) is 5.75 Å². The van der Waals surface area contributed by atoms with E-state index in [0.29, 0.717) is 30.6 Å². The van der Waals surface area contributed by atoms with E-state index in [4.69, 9.17) is 12.2 Å². The van der Waals surface area contributed by atoms with Crippen molar-refractivity contribution in [3.05, 3.63) is 11.6 Å². The maximum atomic E-state index is 13.6. The predicted octanol–water partition coefficient (Wildman–Crippen LogP) is 5.96. The van der Waals surface area contributed by atoms with Crippen LogP contribution in [0.25, 0.3) is 0 Å². The summed E-state index contributed by atoms with van der Waals surface area (Å²) in [5.41, 5.74) is -0.152. The minimum atomic E-state index is -1.26. The van der Waals surface area contributed by atoms with Gasteiger partial charge in [-0.05, 0) is 102 Å². The van der Waals surface area contributed by atoms with Gasteiger partial charge in [-0.3, -0.25) is 9.59 Å². The molecule has 3 unspecified atom stereocenters. The maximum Gasteiger partial charge on any atom is 0.175 e. The van der Waals surface area contributed by atoms with Crippen molar-refractivity contribution in [1.29, 1.82) is 0 Å². The summed E-state index contributed by atoms with van der Waals surface area (Å²) in [5, 5.41) is 11.9. The third-order valence-corrected chi connectivity index (χ3v) is 11.7. The Morgan fingerprint density at radius 2 is 1.74 bits per heavy atom. The number of aliphatic hydroxyl groups is 1. The molecule has 0 radical (unpaired) electrons. The lowest BCUT2D eigenvalue weighted by Crippen LogP contribution is -2.58. The second kappa shape index (κ2) is 9.30. The third kappa shape index (κ3) is 4.04. The van der Waals surface area contributed by atoms with Crippen LogP contribution in [-0.2, 0) is 9.59 Å². The Labute approximate surface area is 215 Å². The van der Waals surface area contributed by atoms with Gasteiger partial charge in [-0.15, -0.1) is 0 Å². The summed E-state index contributed by atoms with van der Waals surface area (Å²) >= 11 is 7.10. The van der Waals surface area contributed by atoms with Crippen LogP contribution in [-0.4, -0.2) is 49.3 Å². The van der Waals surface area contributed by atoms with Gasteiger partial charge < -0.3 is 10.0 Å². The van der Waals surface area contributed by atoms with Crippen LogP contribution in [0.2, 0.25) is 0 Å². The highest BCUT2D eigenvalue weighted by atomic mass is 32.2. The molecule has 4 nitrogen and oxygen atoms in total. The second-order valence-corrected chi connectivity index (χ2v) is 14.0. The van der Waals surface area contributed by atoms with E-state index in [0.717, 1.165) is 42.8 Å². The minimum absolute atomic E-state index is 0.0402. The zero-order chi connectivity index (χ0) is 25.1. The van der Waals surface area contributed by atoms with Gasteiger partial charge in [0.1, 0.15) is 9.92 Å². The van der Waals surface area contributed by atoms with Crippen molar-refractivity contribution in [3.63, 3.8) is 0 Å². The molecule has 1 N–H and O–H groups in total. The lowest BCUT2D eigenvalue weighted by atomic mass is 9.46. The van der Waals surface area contributed by atoms with E-state index in [1.165, 1.54) is 17.3 Å². The molecule has 0 bridgehead atoms. The Hall–Kier alpha value is -0.720. The molecule has 4 aliphatic rings. The van der Waals surface area contributed by atoms with Crippen molar-refractivity contribution in [1.82, 2.24) is 4.90 Å². The van der Waals surface area contributed by atoms with Gasteiger partial charge in [-0.1, -0.05) is 43.4 Å². The first-order valence-corrected chi connectivity index (χ1v) is 14.7. The molecule has 0 amide bonds. The summed E-state index contributed by atoms with van der Waals surface area (Å²) in [5.74, 6) is 1.95. The van der Waals surface area contributed by atoms with Crippen LogP contribution in [0.3, 0.4) is 0 Å². The van der Waals surface area contributed by atoms with Gasteiger partial charge in [0, 0.05) is 23.9 Å². The summed E-state index contributed by atoms with van der Waals surface area (Å²) in [7, 11) is 0. The number of fused-ring (bicyclic) bond motifs is 5. The number of nitrogens with zero attached hydrogens (tertiary/aromatic N) is 1. The van der Waals surface area contributed by atoms with Crippen molar-refractivity contribution in [2.75, 3.05) is 5.75 Å². The summed E-state index contributed by atoms with van der Waals surface area (Å²) in [6, 6.07) is 0.562. The van der Waals surface area contributed by atoms with Crippen LogP contribution < -0.4 is 0 Å². The van der Waals surface area contributed by atoms with Crippen molar-refractivity contribution in [2.24, 2.45) is 28.6 Å². The van der Waals surface area contributed by atoms with Gasteiger partial charge in [0.15, 0.2) is 11.6 Å². The monoisotopic (exact) mass is 505 g/mol. The van der Waals surface area contributed by atoms with Gasteiger partial charge in [-0.25, -0.2) is 0 Å². The molecule has 0 saturated heterocycles. The van der Waals surface area contributed by atoms with Crippen molar-refractivity contribution in [2.45, 2.75) is 111 Å². The number of hydrogen-bond acceptors (Lipinski definition) is 5. The van der Waals surface area contributed by atoms with Gasteiger partial charge >= 0.3 is 0 Å². The first-order valence-electron chi connectivity index (χ1n) is 13.3. The highest BCUT2D eigenvalue weighted by Crippen LogP contribution is 2.67. The molecule has 3 saturated carbocycles. The molecule has 4 rings (SSSR count). The molecular formula is C28H43NO3S2. The Balaban J connectivity index is 1.50. The van der Waals surface area contributed by atoms with Crippen LogP contribution in [0, 0.1) is 28.6 Å². The Kier molecular flexibility index (Phi) is 7.21. The summed E-state index contributed by atoms with van der Waals surface area (Å²) < 4.78 is 0.747. The van der Waals surface area contributed by atoms with Crippen LogP contribution in [0.1, 0.15) is 92.9 Å².